The Hall–Kier alpha value is -0.530. The number of esters is 1. The number of carbonyl (C=O) groups is 1. The zero-order valence-electron chi connectivity index (χ0n) is 6.14. The van der Waals surface area contributed by atoms with Crippen LogP contribution in [0.3, 0.4) is 0 Å². The van der Waals surface area contributed by atoms with Gasteiger partial charge in [-0.3, -0.25) is 4.79 Å². The van der Waals surface area contributed by atoms with Crippen molar-refractivity contribution in [1.82, 2.24) is 0 Å². The second-order valence-corrected chi connectivity index (χ2v) is 2.65. The van der Waals surface area contributed by atoms with Gasteiger partial charge in [-0.1, -0.05) is 6.42 Å². The highest BCUT2D eigenvalue weighted by molar-refractivity contribution is 5.73. The predicted molar refractivity (Wildman–Crippen MR) is 38.3 cm³/mol. The maximum atomic E-state index is 10.9. The van der Waals surface area contributed by atoms with Gasteiger partial charge in [0.15, 0.2) is 0 Å². The first-order valence-electron chi connectivity index (χ1n) is 3.80. The van der Waals surface area contributed by atoms with Crippen LogP contribution in [-0.4, -0.2) is 12.6 Å². The zero-order chi connectivity index (χ0) is 7.40. The molecule has 1 aliphatic carbocycles. The van der Waals surface area contributed by atoms with Gasteiger partial charge in [-0.2, -0.15) is 0 Å². The molecule has 0 unspecified atom stereocenters. The molecule has 0 aromatic rings. The van der Waals surface area contributed by atoms with Crippen molar-refractivity contribution in [1.29, 1.82) is 0 Å². The standard InChI is InChI=1S/C8H13O2/c1-2-6-10-8(9)7-4-3-5-7/h7H,1-6H2. The minimum Gasteiger partial charge on any atom is -0.465 e. The monoisotopic (exact) mass is 141 g/mol. The van der Waals surface area contributed by atoms with Crippen LogP contribution in [0, 0.1) is 12.8 Å². The number of rotatable bonds is 3. The van der Waals surface area contributed by atoms with Crippen molar-refractivity contribution < 1.29 is 9.53 Å². The van der Waals surface area contributed by atoms with Gasteiger partial charge in [-0.25, -0.2) is 0 Å². The van der Waals surface area contributed by atoms with Crippen LogP contribution < -0.4 is 0 Å². The lowest BCUT2D eigenvalue weighted by atomic mass is 9.86. The maximum Gasteiger partial charge on any atom is 0.308 e. The highest BCUT2D eigenvalue weighted by Gasteiger charge is 2.26. The minimum atomic E-state index is -0.0186. The van der Waals surface area contributed by atoms with Crippen LogP contribution in [0.1, 0.15) is 25.7 Å². The molecule has 2 nitrogen and oxygen atoms in total. The largest absolute Gasteiger partial charge is 0.465 e. The van der Waals surface area contributed by atoms with E-state index in [9.17, 15) is 4.79 Å². The fourth-order valence-electron chi connectivity index (χ4n) is 0.935. The highest BCUT2D eigenvalue weighted by Crippen LogP contribution is 2.27. The zero-order valence-corrected chi connectivity index (χ0v) is 6.14. The first-order chi connectivity index (χ1) is 4.84. The number of ether oxygens (including phenoxy) is 1. The van der Waals surface area contributed by atoms with Crippen molar-refractivity contribution in [2.24, 2.45) is 5.92 Å². The number of hydrogen-bond donors (Lipinski definition) is 0. The Kier molecular flexibility index (Phi) is 2.72. The molecule has 0 amide bonds. The van der Waals surface area contributed by atoms with E-state index < -0.39 is 0 Å². The molecule has 0 aliphatic heterocycles. The Balaban J connectivity index is 2.08. The average Bonchev–Trinajstić information content (AvgIpc) is 1.79. The summed E-state index contributed by atoms with van der Waals surface area (Å²) >= 11 is 0. The summed E-state index contributed by atoms with van der Waals surface area (Å²) in [5.41, 5.74) is 0. The Morgan fingerprint density at radius 2 is 2.30 bits per heavy atom. The van der Waals surface area contributed by atoms with E-state index in [0.717, 1.165) is 12.8 Å². The third-order valence-corrected chi connectivity index (χ3v) is 1.83. The van der Waals surface area contributed by atoms with Gasteiger partial charge in [0.05, 0.1) is 12.5 Å². The summed E-state index contributed by atoms with van der Waals surface area (Å²) in [5, 5.41) is 0. The second kappa shape index (κ2) is 3.59. The molecule has 1 saturated carbocycles. The van der Waals surface area contributed by atoms with E-state index in [4.69, 9.17) is 4.74 Å². The Labute approximate surface area is 61.6 Å². The van der Waals surface area contributed by atoms with Gasteiger partial charge < -0.3 is 4.74 Å². The molecule has 0 saturated heterocycles. The van der Waals surface area contributed by atoms with E-state index in [-0.39, 0.29) is 11.9 Å². The van der Waals surface area contributed by atoms with E-state index in [1.807, 2.05) is 0 Å². The summed E-state index contributed by atoms with van der Waals surface area (Å²) < 4.78 is 4.89. The average molecular weight is 141 g/mol. The van der Waals surface area contributed by atoms with Crippen molar-refractivity contribution in [2.45, 2.75) is 25.7 Å². The minimum absolute atomic E-state index is 0.0186. The first-order valence-corrected chi connectivity index (χ1v) is 3.80. The Bertz CT molecular complexity index is 116. The van der Waals surface area contributed by atoms with Gasteiger partial charge in [-0.15, -0.1) is 0 Å². The summed E-state index contributed by atoms with van der Waals surface area (Å²) in [5.74, 6) is 0.196. The van der Waals surface area contributed by atoms with E-state index >= 15 is 0 Å². The molecular weight excluding hydrogens is 128 g/mol. The molecule has 10 heavy (non-hydrogen) atoms. The smallest absolute Gasteiger partial charge is 0.308 e. The summed E-state index contributed by atoms with van der Waals surface area (Å²) in [6.07, 6.45) is 3.91. The van der Waals surface area contributed by atoms with Crippen LogP contribution in [0.5, 0.6) is 0 Å². The summed E-state index contributed by atoms with van der Waals surface area (Å²) in [4.78, 5) is 10.9. The SMILES string of the molecule is [CH2]CCOC(=O)C1CCC1. The molecule has 1 rings (SSSR count). The lowest BCUT2D eigenvalue weighted by Gasteiger charge is -2.22. The summed E-state index contributed by atoms with van der Waals surface area (Å²) in [6.45, 7) is 4.07. The van der Waals surface area contributed by atoms with Crippen LogP contribution in [0.15, 0.2) is 0 Å². The second-order valence-electron chi connectivity index (χ2n) is 2.65. The van der Waals surface area contributed by atoms with Crippen LogP contribution in [-0.2, 0) is 9.53 Å². The third-order valence-electron chi connectivity index (χ3n) is 1.83. The van der Waals surface area contributed by atoms with Gasteiger partial charge in [0.25, 0.3) is 0 Å². The van der Waals surface area contributed by atoms with Crippen LogP contribution >= 0.6 is 0 Å². The molecule has 0 aromatic carbocycles. The van der Waals surface area contributed by atoms with Crippen molar-refractivity contribution >= 4 is 5.97 Å². The van der Waals surface area contributed by atoms with Crippen molar-refractivity contribution in [3.63, 3.8) is 0 Å². The summed E-state index contributed by atoms with van der Waals surface area (Å²) in [7, 11) is 0. The predicted octanol–water partition coefficient (Wildman–Crippen LogP) is 1.55. The molecule has 2 heteroatoms. The normalized spacial score (nSPS) is 18.1. The maximum absolute atomic E-state index is 10.9. The lowest BCUT2D eigenvalue weighted by molar-refractivity contribution is -0.151. The number of carbonyl (C=O) groups excluding carboxylic acids is 1. The van der Waals surface area contributed by atoms with E-state index in [2.05, 4.69) is 6.92 Å². The van der Waals surface area contributed by atoms with E-state index in [1.54, 1.807) is 0 Å². The van der Waals surface area contributed by atoms with E-state index in [0.29, 0.717) is 13.0 Å². The molecule has 0 atom stereocenters. The van der Waals surface area contributed by atoms with Crippen LogP contribution in [0.2, 0.25) is 0 Å². The topological polar surface area (TPSA) is 26.3 Å². The fraction of sp³-hybridized carbons (Fsp3) is 0.750. The number of hydrogen-bond acceptors (Lipinski definition) is 2. The Morgan fingerprint density at radius 3 is 2.70 bits per heavy atom. The molecule has 1 fully saturated rings. The molecule has 57 valence electrons. The van der Waals surface area contributed by atoms with Crippen LogP contribution in [0.4, 0.5) is 0 Å². The van der Waals surface area contributed by atoms with Gasteiger partial charge in [0.1, 0.15) is 0 Å². The quantitative estimate of drug-likeness (QED) is 0.557. The third kappa shape index (κ3) is 1.72. The van der Waals surface area contributed by atoms with Gasteiger partial charge in [0.2, 0.25) is 0 Å². The molecule has 0 bridgehead atoms. The molecule has 0 heterocycles. The molecule has 1 aliphatic rings. The van der Waals surface area contributed by atoms with E-state index in [1.165, 1.54) is 6.42 Å². The lowest BCUT2D eigenvalue weighted by Crippen LogP contribution is -2.24. The van der Waals surface area contributed by atoms with Gasteiger partial charge >= 0.3 is 5.97 Å². The summed E-state index contributed by atoms with van der Waals surface area (Å²) in [6, 6.07) is 0. The molecule has 0 aromatic heterocycles. The first kappa shape index (κ1) is 7.58. The molecular formula is C8H13O2. The van der Waals surface area contributed by atoms with Crippen LogP contribution in [0.25, 0.3) is 0 Å². The fourth-order valence-corrected chi connectivity index (χ4v) is 0.935. The van der Waals surface area contributed by atoms with Crippen molar-refractivity contribution in [3.8, 4) is 0 Å². The Morgan fingerprint density at radius 1 is 1.60 bits per heavy atom. The molecule has 0 spiro atoms. The van der Waals surface area contributed by atoms with Crippen molar-refractivity contribution in [3.05, 3.63) is 6.92 Å². The van der Waals surface area contributed by atoms with Crippen molar-refractivity contribution in [2.75, 3.05) is 6.61 Å². The molecule has 0 N–H and O–H groups in total. The van der Waals surface area contributed by atoms with Gasteiger partial charge in [0, 0.05) is 0 Å². The highest BCUT2D eigenvalue weighted by atomic mass is 16.5. The molecule has 1 radical (unpaired) electrons. The van der Waals surface area contributed by atoms with Gasteiger partial charge in [-0.05, 0) is 26.2 Å².